The molecule has 0 unspecified atom stereocenters. The summed E-state index contributed by atoms with van der Waals surface area (Å²) in [6, 6.07) is 0. The lowest BCUT2D eigenvalue weighted by atomic mass is 10.1. The zero-order valence-electron chi connectivity index (χ0n) is 27.8. The van der Waals surface area contributed by atoms with Gasteiger partial charge in [0.1, 0.15) is 0 Å². The van der Waals surface area contributed by atoms with E-state index in [-0.39, 0.29) is 17.7 Å². The maximum Gasteiger partial charge on any atom is 0.232 e. The van der Waals surface area contributed by atoms with Crippen molar-refractivity contribution in [1.82, 2.24) is 29.7 Å². The SMILES string of the molecule is CCCCC(=O)N1CCN(c2nc(N3CCN(C(=O)CCC(C)C)CC3)nc(N3CCN(C(=O)CCC(C)C)CC3)n2)CC1. The van der Waals surface area contributed by atoms with E-state index in [1.54, 1.807) is 0 Å². The monoisotopic (exact) mass is 613 g/mol. The molecule has 3 saturated heterocycles. The largest absolute Gasteiger partial charge is 0.339 e. The number of amides is 3. The molecule has 0 N–H and O–H groups in total. The van der Waals surface area contributed by atoms with Crippen LogP contribution in [0, 0.1) is 11.8 Å². The Morgan fingerprint density at radius 3 is 1.09 bits per heavy atom. The van der Waals surface area contributed by atoms with Gasteiger partial charge in [-0.05, 0) is 31.1 Å². The van der Waals surface area contributed by atoms with Gasteiger partial charge in [-0.25, -0.2) is 0 Å². The van der Waals surface area contributed by atoms with E-state index in [9.17, 15) is 14.4 Å². The van der Waals surface area contributed by atoms with Crippen molar-refractivity contribution < 1.29 is 14.4 Å². The number of hydrogen-bond acceptors (Lipinski definition) is 9. The highest BCUT2D eigenvalue weighted by Gasteiger charge is 2.29. The van der Waals surface area contributed by atoms with Gasteiger partial charge in [-0.1, -0.05) is 41.0 Å². The number of carbonyl (C=O) groups is 3. The van der Waals surface area contributed by atoms with Gasteiger partial charge in [0.15, 0.2) is 0 Å². The highest BCUT2D eigenvalue weighted by molar-refractivity contribution is 5.77. The molecule has 0 aliphatic carbocycles. The molecule has 44 heavy (non-hydrogen) atoms. The molecule has 0 atom stereocenters. The van der Waals surface area contributed by atoms with Crippen LogP contribution in [0.5, 0.6) is 0 Å². The number of nitrogens with zero attached hydrogens (tertiary/aromatic N) is 9. The average Bonchev–Trinajstić information content (AvgIpc) is 3.05. The minimum Gasteiger partial charge on any atom is -0.339 e. The summed E-state index contributed by atoms with van der Waals surface area (Å²) < 4.78 is 0. The molecule has 0 bridgehead atoms. The average molecular weight is 614 g/mol. The summed E-state index contributed by atoms with van der Waals surface area (Å²) >= 11 is 0. The number of piperazine rings is 3. The summed E-state index contributed by atoms with van der Waals surface area (Å²) in [6.07, 6.45) is 5.55. The van der Waals surface area contributed by atoms with Gasteiger partial charge in [0.05, 0.1) is 0 Å². The van der Waals surface area contributed by atoms with Crippen LogP contribution in [0.4, 0.5) is 17.8 Å². The molecule has 1 aromatic rings. The predicted octanol–water partition coefficient (Wildman–Crippen LogP) is 2.88. The topological polar surface area (TPSA) is 109 Å². The van der Waals surface area contributed by atoms with Crippen molar-refractivity contribution in [1.29, 1.82) is 0 Å². The maximum absolute atomic E-state index is 12.7. The number of anilines is 3. The van der Waals surface area contributed by atoms with E-state index in [1.807, 2.05) is 14.7 Å². The molecule has 12 nitrogen and oxygen atoms in total. The van der Waals surface area contributed by atoms with Crippen LogP contribution >= 0.6 is 0 Å². The summed E-state index contributed by atoms with van der Waals surface area (Å²) in [4.78, 5) is 65.3. The number of rotatable bonds is 12. The molecule has 3 aliphatic rings. The first-order valence-electron chi connectivity index (χ1n) is 17.0. The molecule has 246 valence electrons. The zero-order chi connectivity index (χ0) is 31.6. The van der Waals surface area contributed by atoms with E-state index in [0.717, 1.165) is 25.7 Å². The third-order valence-corrected chi connectivity index (χ3v) is 8.96. The van der Waals surface area contributed by atoms with Crippen molar-refractivity contribution in [3.05, 3.63) is 0 Å². The van der Waals surface area contributed by atoms with Gasteiger partial charge in [-0.15, -0.1) is 0 Å². The van der Waals surface area contributed by atoms with Crippen LogP contribution < -0.4 is 14.7 Å². The molecule has 0 radical (unpaired) electrons. The Morgan fingerprint density at radius 1 is 0.523 bits per heavy atom. The van der Waals surface area contributed by atoms with Gasteiger partial charge >= 0.3 is 0 Å². The van der Waals surface area contributed by atoms with Gasteiger partial charge in [-0.2, -0.15) is 15.0 Å². The van der Waals surface area contributed by atoms with E-state index < -0.39 is 0 Å². The van der Waals surface area contributed by atoms with Crippen LogP contribution in [0.25, 0.3) is 0 Å². The Kier molecular flexibility index (Phi) is 12.4. The Morgan fingerprint density at radius 2 is 0.818 bits per heavy atom. The summed E-state index contributed by atoms with van der Waals surface area (Å²) in [5.74, 6) is 3.61. The first-order valence-corrected chi connectivity index (χ1v) is 17.0. The standard InChI is InChI=1S/C32H55N9O3/c1-6-7-8-27(42)36-13-19-39(20-14-36)30-33-31(40-21-15-37(16-22-40)28(43)11-9-25(2)3)35-32(34-30)41-23-17-38(18-24-41)29(44)12-10-26(4)5/h25-26H,6-24H2,1-5H3. The van der Waals surface area contributed by atoms with Crippen LogP contribution in [0.1, 0.15) is 79.6 Å². The number of unbranched alkanes of at least 4 members (excludes halogenated alkanes) is 1. The Labute approximate surface area is 264 Å². The third kappa shape index (κ3) is 9.41. The third-order valence-electron chi connectivity index (χ3n) is 8.96. The van der Waals surface area contributed by atoms with Crippen LogP contribution in [0.3, 0.4) is 0 Å². The highest BCUT2D eigenvalue weighted by Crippen LogP contribution is 2.23. The van der Waals surface area contributed by atoms with E-state index >= 15 is 0 Å². The van der Waals surface area contributed by atoms with Crippen molar-refractivity contribution in [2.45, 2.75) is 79.6 Å². The quantitative estimate of drug-likeness (QED) is 0.352. The molecule has 3 fully saturated rings. The lowest BCUT2D eigenvalue weighted by molar-refractivity contribution is -0.132. The molecular weight excluding hydrogens is 558 g/mol. The fraction of sp³-hybridized carbons (Fsp3) is 0.812. The van der Waals surface area contributed by atoms with Gasteiger partial charge in [0, 0.05) is 97.8 Å². The molecule has 1 aromatic heterocycles. The first-order chi connectivity index (χ1) is 21.1. The van der Waals surface area contributed by atoms with Gasteiger partial charge < -0.3 is 29.4 Å². The van der Waals surface area contributed by atoms with Crippen molar-refractivity contribution in [2.75, 3.05) is 93.2 Å². The molecule has 4 heterocycles. The summed E-state index contributed by atoms with van der Waals surface area (Å²) in [7, 11) is 0. The molecule has 3 amide bonds. The molecule has 12 heteroatoms. The number of hydrogen-bond donors (Lipinski definition) is 0. The Hall–Kier alpha value is -3.18. The molecule has 0 aromatic carbocycles. The predicted molar refractivity (Wildman–Crippen MR) is 174 cm³/mol. The Balaban J connectivity index is 1.45. The lowest BCUT2D eigenvalue weighted by Gasteiger charge is -2.38. The molecule has 3 aliphatic heterocycles. The normalized spacial score (nSPS) is 18.1. The fourth-order valence-corrected chi connectivity index (χ4v) is 5.86. The minimum atomic E-state index is 0.225. The second-order valence-corrected chi connectivity index (χ2v) is 13.3. The highest BCUT2D eigenvalue weighted by atomic mass is 16.2. The molecule has 4 rings (SSSR count). The minimum absolute atomic E-state index is 0.225. The summed E-state index contributed by atoms with van der Waals surface area (Å²) in [5, 5.41) is 0. The van der Waals surface area contributed by atoms with Crippen molar-refractivity contribution in [3.63, 3.8) is 0 Å². The van der Waals surface area contributed by atoms with E-state index in [2.05, 4.69) is 49.3 Å². The number of aromatic nitrogens is 3. The molecular formula is C32H55N9O3. The van der Waals surface area contributed by atoms with Crippen LogP contribution in [0.2, 0.25) is 0 Å². The van der Waals surface area contributed by atoms with Crippen molar-refractivity contribution >= 4 is 35.6 Å². The maximum atomic E-state index is 12.7. The van der Waals surface area contributed by atoms with Crippen molar-refractivity contribution in [3.8, 4) is 0 Å². The number of carbonyl (C=O) groups excluding carboxylic acids is 3. The van der Waals surface area contributed by atoms with Gasteiger partial charge in [0.25, 0.3) is 0 Å². The smallest absolute Gasteiger partial charge is 0.232 e. The second kappa shape index (κ2) is 16.2. The van der Waals surface area contributed by atoms with Crippen LogP contribution in [0.15, 0.2) is 0 Å². The summed E-state index contributed by atoms with van der Waals surface area (Å²) in [6.45, 7) is 18.7. The zero-order valence-corrected chi connectivity index (χ0v) is 27.8. The van der Waals surface area contributed by atoms with E-state index in [0.29, 0.717) is 127 Å². The van der Waals surface area contributed by atoms with Crippen LogP contribution in [-0.2, 0) is 14.4 Å². The first kappa shape index (κ1) is 33.7. The second-order valence-electron chi connectivity index (χ2n) is 13.3. The van der Waals surface area contributed by atoms with Gasteiger partial charge in [-0.3, -0.25) is 14.4 Å². The van der Waals surface area contributed by atoms with E-state index in [4.69, 9.17) is 15.0 Å². The molecule has 0 spiro atoms. The lowest BCUT2D eigenvalue weighted by Crippen LogP contribution is -2.51. The molecule has 0 saturated carbocycles. The van der Waals surface area contributed by atoms with Gasteiger partial charge in [0.2, 0.25) is 35.6 Å². The van der Waals surface area contributed by atoms with Crippen LogP contribution in [-0.4, -0.2) is 126 Å². The summed E-state index contributed by atoms with van der Waals surface area (Å²) in [5.41, 5.74) is 0. The fourth-order valence-electron chi connectivity index (χ4n) is 5.86. The van der Waals surface area contributed by atoms with E-state index in [1.165, 1.54) is 0 Å². The Bertz CT molecular complexity index is 1030. The van der Waals surface area contributed by atoms with Crippen molar-refractivity contribution in [2.24, 2.45) is 11.8 Å².